The zero-order valence-electron chi connectivity index (χ0n) is 18.2. The normalized spacial score (nSPS) is 20.3. The summed E-state index contributed by atoms with van der Waals surface area (Å²) in [5.41, 5.74) is 2.28. The van der Waals surface area contributed by atoms with Crippen LogP contribution in [0.4, 0.5) is 0 Å². The number of halogens is 1. The fourth-order valence-corrected chi connectivity index (χ4v) is 6.26. The minimum absolute atomic E-state index is 0.158. The van der Waals surface area contributed by atoms with Crippen LogP contribution in [0.5, 0.6) is 0 Å². The number of carbonyl (C=O) groups excluding carboxylic acids is 1. The Labute approximate surface area is 195 Å². The SMILES string of the molecule is O=C(NCc1ccc(CN2CCCCC2)cc1)C1CCCN1S(=O)(=O)c1ccc(Cl)cc1. The van der Waals surface area contributed by atoms with Crippen LogP contribution in [-0.2, 0) is 27.9 Å². The van der Waals surface area contributed by atoms with Crippen LogP contribution in [0.15, 0.2) is 53.4 Å². The van der Waals surface area contributed by atoms with Gasteiger partial charge in [-0.1, -0.05) is 42.3 Å². The molecule has 0 bridgehead atoms. The van der Waals surface area contributed by atoms with E-state index in [0.29, 0.717) is 31.0 Å². The smallest absolute Gasteiger partial charge is 0.243 e. The van der Waals surface area contributed by atoms with Gasteiger partial charge in [0.05, 0.1) is 4.90 Å². The second-order valence-electron chi connectivity index (χ2n) is 8.60. The number of nitrogens with zero attached hydrogens (tertiary/aromatic N) is 2. The van der Waals surface area contributed by atoms with Crippen LogP contribution in [0.2, 0.25) is 5.02 Å². The maximum Gasteiger partial charge on any atom is 0.243 e. The monoisotopic (exact) mass is 475 g/mol. The number of piperidine rings is 1. The van der Waals surface area contributed by atoms with Crippen LogP contribution < -0.4 is 5.32 Å². The van der Waals surface area contributed by atoms with E-state index in [9.17, 15) is 13.2 Å². The summed E-state index contributed by atoms with van der Waals surface area (Å²) < 4.78 is 27.4. The molecular formula is C24H30ClN3O3S. The van der Waals surface area contributed by atoms with Crippen molar-refractivity contribution in [3.63, 3.8) is 0 Å². The lowest BCUT2D eigenvalue weighted by Crippen LogP contribution is -2.45. The quantitative estimate of drug-likeness (QED) is 0.661. The summed E-state index contributed by atoms with van der Waals surface area (Å²) >= 11 is 5.88. The van der Waals surface area contributed by atoms with E-state index in [1.165, 1.54) is 41.3 Å². The number of hydrogen-bond donors (Lipinski definition) is 1. The Morgan fingerprint density at radius 1 is 0.906 bits per heavy atom. The number of hydrogen-bond acceptors (Lipinski definition) is 4. The first-order valence-electron chi connectivity index (χ1n) is 11.3. The molecule has 1 unspecified atom stereocenters. The van der Waals surface area contributed by atoms with Crippen molar-refractivity contribution in [1.82, 2.24) is 14.5 Å². The topological polar surface area (TPSA) is 69.7 Å². The van der Waals surface area contributed by atoms with Crippen LogP contribution >= 0.6 is 11.6 Å². The Balaban J connectivity index is 1.34. The number of carbonyl (C=O) groups is 1. The number of nitrogens with one attached hydrogen (secondary N) is 1. The van der Waals surface area contributed by atoms with Gasteiger partial charge in [0.1, 0.15) is 6.04 Å². The third-order valence-electron chi connectivity index (χ3n) is 6.27. The molecule has 1 amide bonds. The van der Waals surface area contributed by atoms with E-state index in [1.54, 1.807) is 12.1 Å². The maximum absolute atomic E-state index is 13.0. The van der Waals surface area contributed by atoms with Gasteiger partial charge < -0.3 is 5.32 Å². The lowest BCUT2D eigenvalue weighted by molar-refractivity contribution is -0.124. The number of benzene rings is 2. The average Bonchev–Trinajstić information content (AvgIpc) is 3.31. The molecule has 0 spiro atoms. The van der Waals surface area contributed by atoms with Crippen LogP contribution in [0.25, 0.3) is 0 Å². The highest BCUT2D eigenvalue weighted by Gasteiger charge is 2.39. The second kappa shape index (κ2) is 10.3. The highest BCUT2D eigenvalue weighted by molar-refractivity contribution is 7.89. The molecule has 2 aromatic rings. The fourth-order valence-electron chi connectivity index (χ4n) is 4.48. The van der Waals surface area contributed by atoms with Gasteiger partial charge in [-0.15, -0.1) is 0 Å². The highest BCUT2D eigenvalue weighted by atomic mass is 35.5. The van der Waals surface area contributed by atoms with Crippen LogP contribution in [-0.4, -0.2) is 49.2 Å². The third-order valence-corrected chi connectivity index (χ3v) is 8.45. The molecule has 0 aromatic heterocycles. The Morgan fingerprint density at radius 3 is 2.25 bits per heavy atom. The fraction of sp³-hybridized carbons (Fsp3) is 0.458. The maximum atomic E-state index is 13.0. The number of rotatable bonds is 7. The Hall–Kier alpha value is -1.93. The van der Waals surface area contributed by atoms with Gasteiger partial charge >= 0.3 is 0 Å². The molecule has 0 saturated carbocycles. The first-order chi connectivity index (χ1) is 15.4. The van der Waals surface area contributed by atoms with E-state index >= 15 is 0 Å². The summed E-state index contributed by atoms with van der Waals surface area (Å²) in [6.07, 6.45) is 5.06. The van der Waals surface area contributed by atoms with Gasteiger partial charge in [0, 0.05) is 24.7 Å². The Kier molecular flexibility index (Phi) is 7.51. The molecular weight excluding hydrogens is 446 g/mol. The van der Waals surface area contributed by atoms with Gasteiger partial charge in [-0.05, 0) is 74.2 Å². The lowest BCUT2D eigenvalue weighted by atomic mass is 10.1. The molecule has 8 heteroatoms. The van der Waals surface area contributed by atoms with E-state index in [-0.39, 0.29) is 10.8 Å². The minimum atomic E-state index is -3.74. The lowest BCUT2D eigenvalue weighted by Gasteiger charge is -2.26. The number of likely N-dealkylation sites (tertiary alicyclic amines) is 1. The van der Waals surface area contributed by atoms with E-state index in [2.05, 4.69) is 22.3 Å². The molecule has 2 fully saturated rings. The molecule has 32 heavy (non-hydrogen) atoms. The number of amides is 1. The molecule has 172 valence electrons. The third kappa shape index (κ3) is 5.52. The summed E-state index contributed by atoms with van der Waals surface area (Å²) in [5.74, 6) is -0.252. The predicted molar refractivity (Wildman–Crippen MR) is 126 cm³/mol. The Bertz CT molecular complexity index is 1020. The standard InChI is InChI=1S/C24H30ClN3O3S/c25-21-10-12-22(13-11-21)32(30,31)28-16-4-5-23(28)24(29)26-17-19-6-8-20(9-7-19)18-27-14-2-1-3-15-27/h6-13,23H,1-5,14-18H2,(H,26,29). The van der Waals surface area contributed by atoms with E-state index in [4.69, 9.17) is 11.6 Å². The van der Waals surface area contributed by atoms with Crippen molar-refractivity contribution < 1.29 is 13.2 Å². The average molecular weight is 476 g/mol. The van der Waals surface area contributed by atoms with Gasteiger partial charge in [0.15, 0.2) is 0 Å². The molecule has 2 aromatic carbocycles. The van der Waals surface area contributed by atoms with E-state index in [1.807, 2.05) is 12.1 Å². The number of sulfonamides is 1. The Morgan fingerprint density at radius 2 is 1.56 bits per heavy atom. The molecule has 2 aliphatic heterocycles. The molecule has 0 aliphatic carbocycles. The summed E-state index contributed by atoms with van der Waals surface area (Å²) in [5, 5.41) is 3.40. The molecule has 1 atom stereocenters. The van der Waals surface area contributed by atoms with E-state index in [0.717, 1.165) is 25.2 Å². The van der Waals surface area contributed by atoms with Crippen molar-refractivity contribution in [2.24, 2.45) is 0 Å². The van der Waals surface area contributed by atoms with Crippen LogP contribution in [0.1, 0.15) is 43.2 Å². The summed E-state index contributed by atoms with van der Waals surface area (Å²) in [6.45, 7) is 4.01. The molecule has 2 aliphatic rings. The van der Waals surface area contributed by atoms with Crippen molar-refractivity contribution in [3.8, 4) is 0 Å². The van der Waals surface area contributed by atoms with E-state index < -0.39 is 16.1 Å². The van der Waals surface area contributed by atoms with Crippen molar-refractivity contribution in [1.29, 1.82) is 0 Å². The zero-order chi connectivity index (χ0) is 22.6. The second-order valence-corrected chi connectivity index (χ2v) is 10.9. The van der Waals surface area contributed by atoms with Gasteiger partial charge in [-0.25, -0.2) is 8.42 Å². The first-order valence-corrected chi connectivity index (χ1v) is 13.1. The molecule has 2 saturated heterocycles. The predicted octanol–water partition coefficient (Wildman–Crippen LogP) is 3.80. The van der Waals surface area contributed by atoms with Crippen LogP contribution in [0, 0.1) is 0 Å². The minimum Gasteiger partial charge on any atom is -0.351 e. The zero-order valence-corrected chi connectivity index (χ0v) is 19.7. The van der Waals surface area contributed by atoms with Gasteiger partial charge in [0.2, 0.25) is 15.9 Å². The molecule has 1 N–H and O–H groups in total. The molecule has 6 nitrogen and oxygen atoms in total. The largest absolute Gasteiger partial charge is 0.351 e. The van der Waals surface area contributed by atoms with Gasteiger partial charge in [0.25, 0.3) is 0 Å². The van der Waals surface area contributed by atoms with Crippen LogP contribution in [0.3, 0.4) is 0 Å². The highest BCUT2D eigenvalue weighted by Crippen LogP contribution is 2.27. The van der Waals surface area contributed by atoms with Crippen molar-refractivity contribution in [2.75, 3.05) is 19.6 Å². The molecule has 2 heterocycles. The van der Waals surface area contributed by atoms with Crippen molar-refractivity contribution in [2.45, 2.75) is 56.1 Å². The first kappa shape index (κ1) is 23.2. The van der Waals surface area contributed by atoms with Crippen molar-refractivity contribution >= 4 is 27.5 Å². The molecule has 4 rings (SSSR count). The molecule has 0 radical (unpaired) electrons. The van der Waals surface area contributed by atoms with Gasteiger partial charge in [-0.3, -0.25) is 9.69 Å². The summed E-state index contributed by atoms with van der Waals surface area (Å²) in [6, 6.07) is 13.7. The summed E-state index contributed by atoms with van der Waals surface area (Å²) in [7, 11) is -3.74. The summed E-state index contributed by atoms with van der Waals surface area (Å²) in [4.78, 5) is 15.5. The van der Waals surface area contributed by atoms with Gasteiger partial charge in [-0.2, -0.15) is 4.31 Å². The van der Waals surface area contributed by atoms with Crippen molar-refractivity contribution in [3.05, 3.63) is 64.7 Å².